The van der Waals surface area contributed by atoms with Gasteiger partial charge in [-0.05, 0) is 20.4 Å². The number of likely N-dealkylation sites (N-methyl/N-ethyl adjacent to an activating group) is 1. The second-order valence-electron chi connectivity index (χ2n) is 4.47. The van der Waals surface area contributed by atoms with E-state index in [1.807, 2.05) is 7.05 Å². The third-order valence-electron chi connectivity index (χ3n) is 3.42. The number of nitrogens with zero attached hydrogens (tertiary/aromatic N) is 1. The van der Waals surface area contributed by atoms with Crippen molar-refractivity contribution in [3.63, 3.8) is 0 Å². The van der Waals surface area contributed by atoms with E-state index < -0.39 is 0 Å². The van der Waals surface area contributed by atoms with Gasteiger partial charge in [-0.25, -0.2) is 0 Å². The average Bonchev–Trinajstić information content (AvgIpc) is 2.65. The lowest BCUT2D eigenvalue weighted by Crippen LogP contribution is -2.55. The van der Waals surface area contributed by atoms with E-state index in [9.17, 15) is 5.11 Å². The SMILES string of the molecule is COCC(N)C(CO)N(C)C1CCOC1C. The van der Waals surface area contributed by atoms with Crippen LogP contribution in [-0.4, -0.2) is 68.2 Å². The van der Waals surface area contributed by atoms with Crippen LogP contribution in [0.25, 0.3) is 0 Å². The minimum Gasteiger partial charge on any atom is -0.395 e. The maximum atomic E-state index is 9.42. The predicted molar refractivity (Wildman–Crippen MR) is 62.3 cm³/mol. The zero-order valence-electron chi connectivity index (χ0n) is 10.4. The molecule has 0 aromatic heterocycles. The van der Waals surface area contributed by atoms with Gasteiger partial charge in [0.05, 0.1) is 25.4 Å². The predicted octanol–water partition coefficient (Wildman–Crippen LogP) is -0.570. The number of aliphatic hydroxyl groups is 1. The summed E-state index contributed by atoms with van der Waals surface area (Å²) in [5, 5.41) is 9.42. The second-order valence-corrected chi connectivity index (χ2v) is 4.47. The van der Waals surface area contributed by atoms with Crippen molar-refractivity contribution in [1.29, 1.82) is 0 Å². The molecule has 0 amide bonds. The Morgan fingerprint density at radius 2 is 2.31 bits per heavy atom. The summed E-state index contributed by atoms with van der Waals surface area (Å²) in [6.45, 7) is 3.35. The monoisotopic (exact) mass is 232 g/mol. The summed E-state index contributed by atoms with van der Waals surface area (Å²) in [6, 6.07) is 0.0851. The van der Waals surface area contributed by atoms with Gasteiger partial charge in [-0.15, -0.1) is 0 Å². The first-order valence-corrected chi connectivity index (χ1v) is 5.80. The second kappa shape index (κ2) is 6.51. The number of nitrogens with two attached hydrogens (primary N) is 1. The molecule has 5 heteroatoms. The zero-order chi connectivity index (χ0) is 12.1. The van der Waals surface area contributed by atoms with Crippen molar-refractivity contribution in [2.45, 2.75) is 37.6 Å². The summed E-state index contributed by atoms with van der Waals surface area (Å²) in [5.74, 6) is 0. The molecule has 1 aliphatic rings. The Labute approximate surface area is 97.5 Å². The molecule has 0 aromatic rings. The third-order valence-corrected chi connectivity index (χ3v) is 3.42. The largest absolute Gasteiger partial charge is 0.395 e. The van der Waals surface area contributed by atoms with Crippen LogP contribution >= 0.6 is 0 Å². The summed E-state index contributed by atoms with van der Waals surface area (Å²) >= 11 is 0. The molecule has 0 spiro atoms. The van der Waals surface area contributed by atoms with Crippen LogP contribution < -0.4 is 5.73 Å². The van der Waals surface area contributed by atoms with Gasteiger partial charge < -0.3 is 20.3 Å². The van der Waals surface area contributed by atoms with Crippen LogP contribution in [0, 0.1) is 0 Å². The molecule has 3 N–H and O–H groups in total. The van der Waals surface area contributed by atoms with E-state index in [0.717, 1.165) is 13.0 Å². The standard InChI is InChI=1S/C11H24N2O3/c1-8-10(4-5-16-8)13(2)11(6-14)9(12)7-15-3/h8-11,14H,4-7,12H2,1-3H3. The molecule has 4 unspecified atom stereocenters. The van der Waals surface area contributed by atoms with Gasteiger partial charge >= 0.3 is 0 Å². The van der Waals surface area contributed by atoms with E-state index in [2.05, 4.69) is 11.8 Å². The summed E-state index contributed by atoms with van der Waals surface area (Å²) < 4.78 is 10.6. The number of methoxy groups -OCH3 is 1. The molecule has 1 heterocycles. The Morgan fingerprint density at radius 3 is 2.75 bits per heavy atom. The van der Waals surface area contributed by atoms with Crippen LogP contribution in [0.5, 0.6) is 0 Å². The fourth-order valence-corrected chi connectivity index (χ4v) is 2.37. The van der Waals surface area contributed by atoms with Crippen LogP contribution in [0.1, 0.15) is 13.3 Å². The Bertz CT molecular complexity index is 204. The van der Waals surface area contributed by atoms with Gasteiger partial charge in [-0.3, -0.25) is 4.90 Å². The van der Waals surface area contributed by atoms with Crippen LogP contribution in [0.2, 0.25) is 0 Å². The van der Waals surface area contributed by atoms with E-state index in [0.29, 0.717) is 12.6 Å². The van der Waals surface area contributed by atoms with Crippen LogP contribution in [0.15, 0.2) is 0 Å². The first-order chi connectivity index (χ1) is 7.61. The quantitative estimate of drug-likeness (QED) is 0.642. The van der Waals surface area contributed by atoms with Crippen molar-refractivity contribution >= 4 is 0 Å². The fraction of sp³-hybridized carbons (Fsp3) is 1.00. The fourth-order valence-electron chi connectivity index (χ4n) is 2.37. The number of rotatable bonds is 6. The minimum atomic E-state index is -0.173. The van der Waals surface area contributed by atoms with Crippen LogP contribution in [-0.2, 0) is 9.47 Å². The van der Waals surface area contributed by atoms with E-state index in [1.165, 1.54) is 0 Å². The highest BCUT2D eigenvalue weighted by Crippen LogP contribution is 2.20. The van der Waals surface area contributed by atoms with Crippen LogP contribution in [0.4, 0.5) is 0 Å². The highest BCUT2D eigenvalue weighted by molar-refractivity contribution is 4.88. The molecule has 1 fully saturated rings. The Morgan fingerprint density at radius 1 is 1.62 bits per heavy atom. The normalized spacial score (nSPS) is 29.6. The number of ether oxygens (including phenoxy) is 2. The molecular weight excluding hydrogens is 208 g/mol. The lowest BCUT2D eigenvalue weighted by Gasteiger charge is -2.36. The molecule has 96 valence electrons. The lowest BCUT2D eigenvalue weighted by atomic mass is 10.0. The van der Waals surface area contributed by atoms with Crippen molar-refractivity contribution in [1.82, 2.24) is 4.90 Å². The molecule has 4 atom stereocenters. The number of hydrogen-bond acceptors (Lipinski definition) is 5. The maximum Gasteiger partial charge on any atom is 0.0703 e. The molecule has 1 saturated heterocycles. The Hall–Kier alpha value is -0.200. The van der Waals surface area contributed by atoms with Gasteiger partial charge in [0.15, 0.2) is 0 Å². The van der Waals surface area contributed by atoms with Gasteiger partial charge in [0.25, 0.3) is 0 Å². The molecule has 0 saturated carbocycles. The van der Waals surface area contributed by atoms with E-state index >= 15 is 0 Å². The molecule has 5 nitrogen and oxygen atoms in total. The molecule has 0 radical (unpaired) electrons. The Kier molecular flexibility index (Phi) is 5.64. The summed E-state index contributed by atoms with van der Waals surface area (Å²) in [5.41, 5.74) is 5.99. The zero-order valence-corrected chi connectivity index (χ0v) is 10.4. The molecule has 0 aliphatic carbocycles. The van der Waals surface area contributed by atoms with Gasteiger partial charge in [-0.1, -0.05) is 0 Å². The van der Waals surface area contributed by atoms with E-state index in [4.69, 9.17) is 15.2 Å². The van der Waals surface area contributed by atoms with Gasteiger partial charge in [0.2, 0.25) is 0 Å². The highest BCUT2D eigenvalue weighted by Gasteiger charge is 2.33. The highest BCUT2D eigenvalue weighted by atomic mass is 16.5. The van der Waals surface area contributed by atoms with Crippen molar-refractivity contribution in [2.75, 3.05) is 34.0 Å². The first kappa shape index (κ1) is 13.9. The first-order valence-electron chi connectivity index (χ1n) is 5.80. The third kappa shape index (κ3) is 3.15. The van der Waals surface area contributed by atoms with Crippen molar-refractivity contribution in [2.24, 2.45) is 5.73 Å². The van der Waals surface area contributed by atoms with Gasteiger partial charge in [-0.2, -0.15) is 0 Å². The topological polar surface area (TPSA) is 68.0 Å². The van der Waals surface area contributed by atoms with E-state index in [-0.39, 0.29) is 24.8 Å². The van der Waals surface area contributed by atoms with Crippen molar-refractivity contribution in [3.8, 4) is 0 Å². The van der Waals surface area contributed by atoms with Gasteiger partial charge in [0, 0.05) is 25.8 Å². The van der Waals surface area contributed by atoms with Gasteiger partial charge in [0.1, 0.15) is 0 Å². The van der Waals surface area contributed by atoms with Crippen molar-refractivity contribution in [3.05, 3.63) is 0 Å². The summed E-state index contributed by atoms with van der Waals surface area (Å²) in [7, 11) is 3.61. The molecule has 0 bridgehead atoms. The number of aliphatic hydroxyl groups excluding tert-OH is 1. The molecule has 16 heavy (non-hydrogen) atoms. The molecule has 0 aromatic carbocycles. The summed E-state index contributed by atoms with van der Waals surface area (Å²) in [4.78, 5) is 2.13. The summed E-state index contributed by atoms with van der Waals surface area (Å²) in [6.07, 6.45) is 1.20. The van der Waals surface area contributed by atoms with E-state index in [1.54, 1.807) is 7.11 Å². The lowest BCUT2D eigenvalue weighted by molar-refractivity contribution is 0.0298. The molecule has 1 aliphatic heterocycles. The van der Waals surface area contributed by atoms with Crippen molar-refractivity contribution < 1.29 is 14.6 Å². The average molecular weight is 232 g/mol. The number of hydrogen-bond donors (Lipinski definition) is 2. The molecule has 1 rings (SSSR count). The Balaban J connectivity index is 2.57. The smallest absolute Gasteiger partial charge is 0.0703 e. The molecular formula is C11H24N2O3. The van der Waals surface area contributed by atoms with Crippen LogP contribution in [0.3, 0.4) is 0 Å². The minimum absolute atomic E-state index is 0.0459. The maximum absolute atomic E-state index is 9.42.